The summed E-state index contributed by atoms with van der Waals surface area (Å²) < 4.78 is 0.213. The molecule has 0 aliphatic carbocycles. The quantitative estimate of drug-likeness (QED) is 0.824. The van der Waals surface area contributed by atoms with E-state index in [0.717, 1.165) is 0 Å². The predicted octanol–water partition coefficient (Wildman–Crippen LogP) is 1.90. The van der Waals surface area contributed by atoms with E-state index in [4.69, 9.17) is 10.4 Å². The van der Waals surface area contributed by atoms with Crippen molar-refractivity contribution in [3.05, 3.63) is 28.0 Å². The van der Waals surface area contributed by atoms with Crippen LogP contribution in [0.25, 0.3) is 11.0 Å². The zero-order valence-electron chi connectivity index (χ0n) is 7.28. The summed E-state index contributed by atoms with van der Waals surface area (Å²) in [4.78, 5) is 17.5. The van der Waals surface area contributed by atoms with Crippen molar-refractivity contribution < 1.29 is 9.90 Å². The first kappa shape index (κ1) is 9.68. The number of nitrogens with zero attached hydrogens (tertiary/aromatic N) is 2. The second-order valence-electron chi connectivity index (χ2n) is 2.81. The van der Waals surface area contributed by atoms with Crippen molar-refractivity contribution in [1.82, 2.24) is 9.97 Å². The Bertz CT molecular complexity index is 597. The monoisotopic (exact) mass is 265 g/mol. The third-order valence-corrected chi connectivity index (χ3v) is 2.73. The lowest BCUT2D eigenvalue weighted by molar-refractivity contribution is 0.0690. The number of carbonyl (C=O) groups is 1. The van der Waals surface area contributed by atoms with Gasteiger partial charge in [0.25, 0.3) is 0 Å². The van der Waals surface area contributed by atoms with Crippen molar-refractivity contribution >= 4 is 32.9 Å². The first-order valence-electron chi connectivity index (χ1n) is 3.95. The molecule has 0 unspecified atom stereocenters. The number of aromatic nitrogens is 2. The fourth-order valence-electron chi connectivity index (χ4n) is 1.30. The number of hydrogen-bond donors (Lipinski definition) is 2. The fourth-order valence-corrected chi connectivity index (χ4v) is 1.86. The maximum atomic E-state index is 10.8. The molecule has 0 aliphatic rings. The van der Waals surface area contributed by atoms with Gasteiger partial charge in [0.2, 0.25) is 0 Å². The normalized spacial score (nSPS) is 10.1. The average molecular weight is 266 g/mol. The highest BCUT2D eigenvalue weighted by Gasteiger charge is 2.17. The Labute approximate surface area is 92.5 Å². The van der Waals surface area contributed by atoms with Crippen molar-refractivity contribution in [2.75, 3.05) is 0 Å². The van der Waals surface area contributed by atoms with E-state index in [1.54, 1.807) is 12.3 Å². The Morgan fingerprint density at radius 1 is 1.67 bits per heavy atom. The van der Waals surface area contributed by atoms with Crippen LogP contribution in [0.2, 0.25) is 0 Å². The standard InChI is InChI=1S/C9H4BrN3O2/c10-6-5(3-11)4-1-2-12-8(4)13-7(6)9(14)15/h1-2H,(H,12,13)(H,14,15). The fraction of sp³-hybridized carbons (Fsp3) is 0. The van der Waals surface area contributed by atoms with Crippen LogP contribution in [0.15, 0.2) is 16.7 Å². The van der Waals surface area contributed by atoms with Gasteiger partial charge in [-0.1, -0.05) is 0 Å². The predicted molar refractivity (Wildman–Crippen MR) is 55.5 cm³/mol. The van der Waals surface area contributed by atoms with Crippen molar-refractivity contribution in [2.24, 2.45) is 0 Å². The number of nitriles is 1. The summed E-state index contributed by atoms with van der Waals surface area (Å²) in [6, 6.07) is 3.63. The van der Waals surface area contributed by atoms with Gasteiger partial charge in [0.1, 0.15) is 11.7 Å². The number of rotatable bonds is 1. The topological polar surface area (TPSA) is 89.8 Å². The van der Waals surface area contributed by atoms with Crippen LogP contribution < -0.4 is 0 Å². The Kier molecular flexibility index (Phi) is 2.17. The van der Waals surface area contributed by atoms with E-state index in [9.17, 15) is 4.79 Å². The second-order valence-corrected chi connectivity index (χ2v) is 3.60. The molecule has 2 heterocycles. The molecule has 0 saturated carbocycles. The summed E-state index contributed by atoms with van der Waals surface area (Å²) in [5.41, 5.74) is 0.507. The SMILES string of the molecule is N#Cc1c(Br)c(C(=O)O)nc2[nH]ccc12. The minimum atomic E-state index is -1.17. The summed E-state index contributed by atoms with van der Waals surface area (Å²) >= 11 is 3.07. The van der Waals surface area contributed by atoms with Gasteiger partial charge < -0.3 is 10.1 Å². The molecule has 0 atom stereocenters. The summed E-state index contributed by atoms with van der Waals surface area (Å²) in [6.45, 7) is 0. The van der Waals surface area contributed by atoms with Crippen LogP contribution in [0.5, 0.6) is 0 Å². The number of halogens is 1. The Hall–Kier alpha value is -1.87. The number of pyridine rings is 1. The highest BCUT2D eigenvalue weighted by atomic mass is 79.9. The Morgan fingerprint density at radius 2 is 2.40 bits per heavy atom. The van der Waals surface area contributed by atoms with E-state index in [1.165, 1.54) is 0 Å². The van der Waals surface area contributed by atoms with Crippen molar-refractivity contribution in [3.8, 4) is 6.07 Å². The highest BCUT2D eigenvalue weighted by Crippen LogP contribution is 2.26. The van der Waals surface area contributed by atoms with Gasteiger partial charge in [-0.25, -0.2) is 9.78 Å². The van der Waals surface area contributed by atoms with Crippen LogP contribution in [0.4, 0.5) is 0 Å². The van der Waals surface area contributed by atoms with Crippen LogP contribution in [-0.2, 0) is 0 Å². The van der Waals surface area contributed by atoms with Gasteiger partial charge in [-0.05, 0) is 22.0 Å². The first-order chi connectivity index (χ1) is 7.15. The first-order valence-corrected chi connectivity index (χ1v) is 4.74. The Balaban J connectivity index is 2.93. The van der Waals surface area contributed by atoms with Crippen LogP contribution in [0.1, 0.15) is 16.1 Å². The molecule has 6 heteroatoms. The summed E-state index contributed by atoms with van der Waals surface area (Å²) in [6.07, 6.45) is 1.61. The average Bonchev–Trinajstić information content (AvgIpc) is 2.64. The number of H-pyrrole nitrogens is 1. The molecule has 0 amide bonds. The molecule has 2 rings (SSSR count). The summed E-state index contributed by atoms with van der Waals surface area (Å²) in [5.74, 6) is -1.17. The Morgan fingerprint density at radius 3 is 3.00 bits per heavy atom. The summed E-state index contributed by atoms with van der Waals surface area (Å²) in [7, 11) is 0. The van der Waals surface area contributed by atoms with E-state index < -0.39 is 5.97 Å². The van der Waals surface area contributed by atoms with Crippen LogP contribution in [-0.4, -0.2) is 21.0 Å². The smallest absolute Gasteiger partial charge is 0.355 e. The summed E-state index contributed by atoms with van der Waals surface area (Å²) in [5, 5.41) is 18.4. The van der Waals surface area contributed by atoms with Gasteiger partial charge in [0, 0.05) is 11.6 Å². The van der Waals surface area contributed by atoms with E-state index in [1.807, 2.05) is 6.07 Å². The van der Waals surface area contributed by atoms with E-state index in [2.05, 4.69) is 25.9 Å². The molecule has 74 valence electrons. The molecule has 0 saturated heterocycles. The number of carboxylic acids is 1. The van der Waals surface area contributed by atoms with Gasteiger partial charge in [0.05, 0.1) is 10.0 Å². The zero-order chi connectivity index (χ0) is 11.0. The van der Waals surface area contributed by atoms with Gasteiger partial charge >= 0.3 is 5.97 Å². The lowest BCUT2D eigenvalue weighted by Gasteiger charge is -2.01. The van der Waals surface area contributed by atoms with Crippen LogP contribution >= 0.6 is 15.9 Å². The van der Waals surface area contributed by atoms with E-state index >= 15 is 0 Å². The van der Waals surface area contributed by atoms with E-state index in [-0.39, 0.29) is 15.7 Å². The molecule has 0 aliphatic heterocycles. The maximum absolute atomic E-state index is 10.8. The molecule has 0 aromatic carbocycles. The zero-order valence-corrected chi connectivity index (χ0v) is 8.87. The van der Waals surface area contributed by atoms with Crippen LogP contribution in [0.3, 0.4) is 0 Å². The molecule has 2 aromatic heterocycles. The van der Waals surface area contributed by atoms with E-state index in [0.29, 0.717) is 11.0 Å². The minimum Gasteiger partial charge on any atom is -0.476 e. The number of hydrogen-bond acceptors (Lipinski definition) is 3. The molecule has 2 aromatic rings. The molecular formula is C9H4BrN3O2. The molecule has 0 spiro atoms. The van der Waals surface area contributed by atoms with Crippen molar-refractivity contribution in [3.63, 3.8) is 0 Å². The van der Waals surface area contributed by atoms with Gasteiger partial charge in [-0.15, -0.1) is 0 Å². The third kappa shape index (κ3) is 1.37. The molecule has 2 N–H and O–H groups in total. The molecular weight excluding hydrogens is 262 g/mol. The molecule has 0 fully saturated rings. The third-order valence-electron chi connectivity index (χ3n) is 1.96. The maximum Gasteiger partial charge on any atom is 0.355 e. The van der Waals surface area contributed by atoms with Crippen LogP contribution in [0, 0.1) is 11.3 Å². The van der Waals surface area contributed by atoms with Gasteiger partial charge in [0.15, 0.2) is 5.69 Å². The number of aromatic amines is 1. The van der Waals surface area contributed by atoms with Gasteiger partial charge in [-0.2, -0.15) is 5.26 Å². The largest absolute Gasteiger partial charge is 0.476 e. The molecule has 0 radical (unpaired) electrons. The second kappa shape index (κ2) is 3.37. The number of nitrogens with one attached hydrogen (secondary N) is 1. The molecule has 15 heavy (non-hydrogen) atoms. The molecule has 0 bridgehead atoms. The van der Waals surface area contributed by atoms with Crippen molar-refractivity contribution in [1.29, 1.82) is 5.26 Å². The lowest BCUT2D eigenvalue weighted by atomic mass is 10.2. The minimum absolute atomic E-state index is 0.165. The molecule has 5 nitrogen and oxygen atoms in total. The highest BCUT2D eigenvalue weighted by molar-refractivity contribution is 9.10. The number of aromatic carboxylic acids is 1. The number of carboxylic acid groups (broad SMARTS) is 1. The lowest BCUT2D eigenvalue weighted by Crippen LogP contribution is -2.03. The van der Waals surface area contributed by atoms with Gasteiger partial charge in [-0.3, -0.25) is 0 Å². The van der Waals surface area contributed by atoms with Crippen molar-refractivity contribution in [2.45, 2.75) is 0 Å². The number of fused-ring (bicyclic) bond motifs is 1.